The van der Waals surface area contributed by atoms with Gasteiger partial charge in [-0.1, -0.05) is 6.07 Å². The number of aryl methyl sites for hydroxylation is 1. The normalized spacial score (nSPS) is 12.7. The molecular formula is C13H17N3. The van der Waals surface area contributed by atoms with Gasteiger partial charge in [0.1, 0.15) is 0 Å². The molecule has 2 aromatic heterocycles. The molecule has 0 saturated carbocycles. The zero-order valence-electron chi connectivity index (χ0n) is 9.72. The molecule has 0 saturated heterocycles. The third kappa shape index (κ3) is 2.31. The lowest BCUT2D eigenvalue weighted by Gasteiger charge is -2.05. The fourth-order valence-corrected chi connectivity index (χ4v) is 1.68. The van der Waals surface area contributed by atoms with E-state index < -0.39 is 0 Å². The molecule has 2 rings (SSSR count). The topological polar surface area (TPSA) is 43.8 Å². The standard InChI is InChI=1S/C13H17N3/c1-10-4-3-6-15-13(10)9-16-7-5-12(8-16)11(2)14/h3-8,11H,9,14H2,1-2H3. The van der Waals surface area contributed by atoms with Crippen molar-refractivity contribution in [2.24, 2.45) is 5.73 Å². The van der Waals surface area contributed by atoms with Gasteiger partial charge in [0.05, 0.1) is 12.2 Å². The molecule has 2 N–H and O–H groups in total. The van der Waals surface area contributed by atoms with E-state index in [1.165, 1.54) is 5.56 Å². The first-order chi connectivity index (χ1) is 7.66. The fraction of sp³-hybridized carbons (Fsp3) is 0.308. The molecule has 0 fully saturated rings. The van der Waals surface area contributed by atoms with Crippen LogP contribution < -0.4 is 5.73 Å². The van der Waals surface area contributed by atoms with Gasteiger partial charge in [0, 0.05) is 24.6 Å². The summed E-state index contributed by atoms with van der Waals surface area (Å²) in [6.07, 6.45) is 5.96. The highest BCUT2D eigenvalue weighted by molar-refractivity contribution is 5.20. The molecule has 16 heavy (non-hydrogen) atoms. The molecule has 3 heteroatoms. The Balaban J connectivity index is 2.18. The van der Waals surface area contributed by atoms with E-state index in [1.807, 2.05) is 25.4 Å². The summed E-state index contributed by atoms with van der Waals surface area (Å²) in [4.78, 5) is 4.38. The van der Waals surface area contributed by atoms with Crippen LogP contribution >= 0.6 is 0 Å². The predicted octanol–water partition coefficient (Wildman–Crippen LogP) is 2.26. The minimum Gasteiger partial charge on any atom is -0.348 e. The molecule has 0 aliphatic carbocycles. The van der Waals surface area contributed by atoms with Crippen molar-refractivity contribution in [3.8, 4) is 0 Å². The molecule has 0 aliphatic rings. The molecule has 0 aromatic carbocycles. The van der Waals surface area contributed by atoms with Gasteiger partial charge < -0.3 is 10.3 Å². The summed E-state index contributed by atoms with van der Waals surface area (Å²) in [5.74, 6) is 0. The van der Waals surface area contributed by atoms with Crippen LogP contribution in [0.3, 0.4) is 0 Å². The highest BCUT2D eigenvalue weighted by atomic mass is 15.0. The van der Waals surface area contributed by atoms with Crippen molar-refractivity contribution in [3.63, 3.8) is 0 Å². The highest BCUT2D eigenvalue weighted by Gasteiger charge is 2.03. The second kappa shape index (κ2) is 4.49. The monoisotopic (exact) mass is 215 g/mol. The van der Waals surface area contributed by atoms with Crippen molar-refractivity contribution in [1.29, 1.82) is 0 Å². The summed E-state index contributed by atoms with van der Waals surface area (Å²) < 4.78 is 2.12. The van der Waals surface area contributed by atoms with Gasteiger partial charge in [-0.15, -0.1) is 0 Å². The summed E-state index contributed by atoms with van der Waals surface area (Å²) in [6, 6.07) is 6.19. The molecule has 0 aliphatic heterocycles. The molecule has 0 spiro atoms. The van der Waals surface area contributed by atoms with Gasteiger partial charge in [0.25, 0.3) is 0 Å². The van der Waals surface area contributed by atoms with Crippen LogP contribution in [0.15, 0.2) is 36.8 Å². The lowest BCUT2D eigenvalue weighted by Crippen LogP contribution is -2.04. The van der Waals surface area contributed by atoms with Gasteiger partial charge in [0.15, 0.2) is 0 Å². The Labute approximate surface area is 95.9 Å². The van der Waals surface area contributed by atoms with Crippen LogP contribution in [0.5, 0.6) is 0 Å². The number of hydrogen-bond donors (Lipinski definition) is 1. The lowest BCUT2D eigenvalue weighted by atomic mass is 10.2. The van der Waals surface area contributed by atoms with E-state index in [0.29, 0.717) is 0 Å². The average molecular weight is 215 g/mol. The SMILES string of the molecule is Cc1cccnc1Cn1ccc(C(C)N)c1. The Morgan fingerprint density at radius 3 is 2.88 bits per heavy atom. The van der Waals surface area contributed by atoms with Crippen LogP contribution in [0.4, 0.5) is 0 Å². The molecule has 0 bridgehead atoms. The molecule has 1 unspecified atom stereocenters. The molecular weight excluding hydrogens is 198 g/mol. The van der Waals surface area contributed by atoms with Gasteiger partial charge in [-0.25, -0.2) is 0 Å². The predicted molar refractivity (Wildman–Crippen MR) is 65.1 cm³/mol. The van der Waals surface area contributed by atoms with Crippen LogP contribution in [0.25, 0.3) is 0 Å². The maximum Gasteiger partial charge on any atom is 0.0645 e. The van der Waals surface area contributed by atoms with Crippen molar-refractivity contribution in [1.82, 2.24) is 9.55 Å². The quantitative estimate of drug-likeness (QED) is 0.853. The van der Waals surface area contributed by atoms with Crippen LogP contribution in [0.2, 0.25) is 0 Å². The average Bonchev–Trinajstić information content (AvgIpc) is 2.70. The summed E-state index contributed by atoms with van der Waals surface area (Å²) in [5.41, 5.74) is 9.31. The number of nitrogens with two attached hydrogens (primary N) is 1. The second-order valence-electron chi connectivity index (χ2n) is 4.17. The van der Waals surface area contributed by atoms with Crippen LogP contribution in [-0.4, -0.2) is 9.55 Å². The van der Waals surface area contributed by atoms with E-state index in [-0.39, 0.29) is 6.04 Å². The molecule has 84 valence electrons. The molecule has 2 heterocycles. The van der Waals surface area contributed by atoms with Crippen molar-refractivity contribution in [2.45, 2.75) is 26.4 Å². The van der Waals surface area contributed by atoms with E-state index in [0.717, 1.165) is 17.8 Å². The van der Waals surface area contributed by atoms with Gasteiger partial charge in [-0.05, 0) is 37.1 Å². The number of hydrogen-bond acceptors (Lipinski definition) is 2. The largest absolute Gasteiger partial charge is 0.348 e. The minimum absolute atomic E-state index is 0.0890. The lowest BCUT2D eigenvalue weighted by molar-refractivity contribution is 0.757. The van der Waals surface area contributed by atoms with E-state index in [2.05, 4.69) is 34.8 Å². The maximum absolute atomic E-state index is 5.82. The number of pyridine rings is 1. The van der Waals surface area contributed by atoms with Crippen LogP contribution in [0.1, 0.15) is 29.8 Å². The first-order valence-electron chi connectivity index (χ1n) is 5.48. The molecule has 2 aromatic rings. The van der Waals surface area contributed by atoms with Gasteiger partial charge in [-0.3, -0.25) is 4.98 Å². The third-order valence-electron chi connectivity index (χ3n) is 2.75. The highest BCUT2D eigenvalue weighted by Crippen LogP contribution is 2.12. The summed E-state index contributed by atoms with van der Waals surface area (Å²) in [7, 11) is 0. The second-order valence-corrected chi connectivity index (χ2v) is 4.17. The van der Waals surface area contributed by atoms with Crippen LogP contribution in [-0.2, 0) is 6.54 Å². The smallest absolute Gasteiger partial charge is 0.0645 e. The Hall–Kier alpha value is -1.61. The van der Waals surface area contributed by atoms with Gasteiger partial charge >= 0.3 is 0 Å². The van der Waals surface area contributed by atoms with Gasteiger partial charge in [-0.2, -0.15) is 0 Å². The van der Waals surface area contributed by atoms with Crippen molar-refractivity contribution in [3.05, 3.63) is 53.6 Å². The third-order valence-corrected chi connectivity index (χ3v) is 2.75. The van der Waals surface area contributed by atoms with E-state index in [4.69, 9.17) is 5.73 Å². The van der Waals surface area contributed by atoms with E-state index in [9.17, 15) is 0 Å². The first kappa shape index (κ1) is 10.9. The minimum atomic E-state index is 0.0890. The summed E-state index contributed by atoms with van der Waals surface area (Å²) in [6.45, 7) is 4.88. The van der Waals surface area contributed by atoms with Crippen molar-refractivity contribution in [2.75, 3.05) is 0 Å². The number of aromatic nitrogens is 2. The maximum atomic E-state index is 5.82. The Morgan fingerprint density at radius 2 is 2.25 bits per heavy atom. The number of rotatable bonds is 3. The van der Waals surface area contributed by atoms with E-state index in [1.54, 1.807) is 0 Å². The number of nitrogens with zero attached hydrogens (tertiary/aromatic N) is 2. The Bertz CT molecular complexity index is 472. The van der Waals surface area contributed by atoms with Gasteiger partial charge in [0.2, 0.25) is 0 Å². The molecule has 1 atom stereocenters. The molecule has 3 nitrogen and oxygen atoms in total. The van der Waals surface area contributed by atoms with Crippen LogP contribution in [0, 0.1) is 6.92 Å². The van der Waals surface area contributed by atoms with E-state index >= 15 is 0 Å². The summed E-state index contributed by atoms with van der Waals surface area (Å²) >= 11 is 0. The fourth-order valence-electron chi connectivity index (χ4n) is 1.68. The zero-order valence-corrected chi connectivity index (χ0v) is 9.72. The first-order valence-corrected chi connectivity index (χ1v) is 5.48. The van der Waals surface area contributed by atoms with Crippen molar-refractivity contribution >= 4 is 0 Å². The zero-order chi connectivity index (χ0) is 11.5. The Morgan fingerprint density at radius 1 is 1.44 bits per heavy atom. The van der Waals surface area contributed by atoms with Crippen molar-refractivity contribution < 1.29 is 0 Å². The molecule has 0 radical (unpaired) electrons. The Kier molecular flexibility index (Phi) is 3.06. The molecule has 0 amide bonds. The summed E-state index contributed by atoms with van der Waals surface area (Å²) in [5, 5.41) is 0.